The van der Waals surface area contributed by atoms with E-state index in [0.29, 0.717) is 36.0 Å². The molecular formula is C26H31F2N5O6. The average Bonchev–Trinajstić information content (AvgIpc) is 3.25. The Bertz CT molecular complexity index is 1330. The number of aliphatic hydroxyl groups excluding tert-OH is 1. The summed E-state index contributed by atoms with van der Waals surface area (Å²) in [6.45, 7) is 0.164. The van der Waals surface area contributed by atoms with Gasteiger partial charge in [-0.1, -0.05) is 6.07 Å². The second-order valence-electron chi connectivity index (χ2n) is 10.7. The fraction of sp³-hybridized carbons (Fsp3) is 0.538. The molecule has 11 nitrogen and oxygen atoms in total. The maximum atomic E-state index is 14.4. The Morgan fingerprint density at radius 3 is 2.72 bits per heavy atom. The molecule has 3 aliphatic rings. The number of halogens is 2. The Morgan fingerprint density at radius 1 is 1.33 bits per heavy atom. The predicted molar refractivity (Wildman–Crippen MR) is 134 cm³/mol. The van der Waals surface area contributed by atoms with Crippen molar-refractivity contribution >= 4 is 34.5 Å². The molecule has 2 aliphatic heterocycles. The van der Waals surface area contributed by atoms with Gasteiger partial charge in [-0.2, -0.15) is 0 Å². The highest BCUT2D eigenvalue weighted by Crippen LogP contribution is 2.66. The minimum absolute atomic E-state index is 0.0779. The van der Waals surface area contributed by atoms with E-state index in [1.54, 1.807) is 24.3 Å². The molecule has 39 heavy (non-hydrogen) atoms. The molecule has 2 saturated heterocycles. The van der Waals surface area contributed by atoms with Gasteiger partial charge in [0, 0.05) is 36.3 Å². The Labute approximate surface area is 222 Å². The number of H-pyrrole nitrogens is 1. The van der Waals surface area contributed by atoms with Gasteiger partial charge in [-0.05, 0) is 43.9 Å². The molecule has 6 N–H and O–H groups in total. The molecule has 0 bridgehead atoms. The summed E-state index contributed by atoms with van der Waals surface area (Å²) in [7, 11) is 1.48. The normalized spacial score (nSPS) is 27.2. The number of hydrogen-bond donors (Lipinski definition) is 5. The van der Waals surface area contributed by atoms with Crippen LogP contribution in [-0.2, 0) is 14.4 Å². The molecule has 1 aliphatic carbocycles. The lowest BCUT2D eigenvalue weighted by Gasteiger charge is -2.30. The van der Waals surface area contributed by atoms with E-state index in [4.69, 9.17) is 10.5 Å². The number of piperidine rings is 1. The van der Waals surface area contributed by atoms with Gasteiger partial charge in [0.25, 0.3) is 11.8 Å². The number of alkyl halides is 2. The number of hydrogen-bond acceptors (Lipinski definition) is 6. The number of aromatic nitrogens is 1. The molecule has 1 unspecified atom stereocenters. The fourth-order valence-electron chi connectivity index (χ4n) is 5.89. The third-order valence-electron chi connectivity index (χ3n) is 8.22. The van der Waals surface area contributed by atoms with Gasteiger partial charge < -0.3 is 36.1 Å². The molecule has 13 heteroatoms. The number of methoxy groups -OCH3 is 1. The van der Waals surface area contributed by atoms with Crippen LogP contribution in [0.25, 0.3) is 10.9 Å². The average molecular weight is 548 g/mol. The summed E-state index contributed by atoms with van der Waals surface area (Å²) < 4.78 is 34.2. The van der Waals surface area contributed by atoms with Crippen molar-refractivity contribution in [3.05, 3.63) is 30.0 Å². The van der Waals surface area contributed by atoms with Crippen LogP contribution in [-0.4, -0.2) is 82.9 Å². The molecule has 1 aromatic heterocycles. The first-order chi connectivity index (χ1) is 18.5. The van der Waals surface area contributed by atoms with Gasteiger partial charge in [0.15, 0.2) is 6.10 Å². The highest BCUT2D eigenvalue weighted by molar-refractivity contribution is 6.02. The van der Waals surface area contributed by atoms with Gasteiger partial charge in [-0.3, -0.25) is 19.2 Å². The van der Waals surface area contributed by atoms with E-state index in [0.717, 1.165) is 4.90 Å². The number of amides is 4. The highest BCUT2D eigenvalue weighted by atomic mass is 19.3. The summed E-state index contributed by atoms with van der Waals surface area (Å²) in [5.41, 5.74) is 4.45. The summed E-state index contributed by atoms with van der Waals surface area (Å²) in [5, 5.41) is 16.3. The van der Waals surface area contributed by atoms with Gasteiger partial charge in [-0.25, -0.2) is 8.78 Å². The number of nitrogens with zero attached hydrogens (tertiary/aromatic N) is 1. The number of ether oxygens (including phenoxy) is 1. The molecule has 5 atom stereocenters. The van der Waals surface area contributed by atoms with E-state index in [1.165, 1.54) is 7.11 Å². The first-order valence-electron chi connectivity index (χ1n) is 12.9. The van der Waals surface area contributed by atoms with Crippen molar-refractivity contribution in [1.29, 1.82) is 0 Å². The lowest BCUT2D eigenvalue weighted by atomic mass is 9.89. The lowest BCUT2D eigenvalue weighted by molar-refractivity contribution is -0.134. The third-order valence-corrected chi connectivity index (χ3v) is 8.22. The second kappa shape index (κ2) is 9.78. The number of nitrogens with one attached hydrogen (secondary N) is 3. The number of aliphatic hydroxyl groups is 1. The number of primary amides is 1. The number of likely N-dealkylation sites (tertiary alicyclic amines) is 1. The van der Waals surface area contributed by atoms with Gasteiger partial charge in [0.1, 0.15) is 17.5 Å². The molecule has 3 fully saturated rings. The molecule has 4 amide bonds. The van der Waals surface area contributed by atoms with Crippen molar-refractivity contribution in [3.63, 3.8) is 0 Å². The summed E-state index contributed by atoms with van der Waals surface area (Å²) in [4.78, 5) is 55.3. The maximum Gasteiger partial charge on any atom is 0.271 e. The Balaban J connectivity index is 1.41. The highest BCUT2D eigenvalue weighted by Gasteiger charge is 2.75. The lowest BCUT2D eigenvalue weighted by Crippen LogP contribution is -2.55. The van der Waals surface area contributed by atoms with Crippen molar-refractivity contribution < 1.29 is 37.8 Å². The molecule has 1 saturated carbocycles. The number of fused-ring (bicyclic) bond motifs is 1. The Kier molecular flexibility index (Phi) is 6.73. The van der Waals surface area contributed by atoms with Crippen LogP contribution in [0, 0.1) is 11.3 Å². The Hall–Kier alpha value is -3.74. The molecule has 1 spiro atoms. The van der Waals surface area contributed by atoms with Crippen LogP contribution >= 0.6 is 0 Å². The minimum Gasteiger partial charge on any atom is -0.496 e. The quantitative estimate of drug-likeness (QED) is 0.326. The third kappa shape index (κ3) is 4.79. The Morgan fingerprint density at radius 2 is 2.08 bits per heavy atom. The zero-order chi connectivity index (χ0) is 28.1. The van der Waals surface area contributed by atoms with Gasteiger partial charge in [-0.15, -0.1) is 0 Å². The predicted octanol–water partition coefficient (Wildman–Crippen LogP) is 0.664. The SMILES string of the molecule is COc1cccc2[nH]c(C(=O)N3C[C@]4(C[C@H]3C(=O)N[C@@H](C[C@@H]3CCCNC3=O)C(O)C(N)=O)CC4(F)F)cc12. The largest absolute Gasteiger partial charge is 0.496 e. The molecule has 0 radical (unpaired) electrons. The van der Waals surface area contributed by atoms with E-state index < -0.39 is 59.6 Å². The van der Waals surface area contributed by atoms with E-state index in [2.05, 4.69) is 15.6 Å². The fourth-order valence-corrected chi connectivity index (χ4v) is 5.89. The summed E-state index contributed by atoms with van der Waals surface area (Å²) in [5.74, 6) is -5.94. The summed E-state index contributed by atoms with van der Waals surface area (Å²) in [6.07, 6.45) is -1.47. The number of rotatable bonds is 8. The zero-order valence-corrected chi connectivity index (χ0v) is 21.3. The summed E-state index contributed by atoms with van der Waals surface area (Å²) >= 11 is 0. The van der Waals surface area contributed by atoms with E-state index in [-0.39, 0.29) is 31.0 Å². The number of carbonyl (C=O) groups excluding carboxylic acids is 4. The van der Waals surface area contributed by atoms with Crippen LogP contribution in [0.5, 0.6) is 5.75 Å². The first-order valence-corrected chi connectivity index (χ1v) is 12.9. The smallest absolute Gasteiger partial charge is 0.271 e. The van der Waals surface area contributed by atoms with Crippen molar-refractivity contribution in [2.45, 2.75) is 56.2 Å². The second-order valence-corrected chi connectivity index (χ2v) is 10.7. The maximum absolute atomic E-state index is 14.4. The van der Waals surface area contributed by atoms with Crippen molar-refractivity contribution in [2.75, 3.05) is 20.2 Å². The number of nitrogens with two attached hydrogens (primary N) is 1. The van der Waals surface area contributed by atoms with Crippen LogP contribution in [0.2, 0.25) is 0 Å². The van der Waals surface area contributed by atoms with E-state index in [1.807, 2.05) is 0 Å². The van der Waals surface area contributed by atoms with Crippen molar-refractivity contribution in [2.24, 2.45) is 17.1 Å². The van der Waals surface area contributed by atoms with Crippen molar-refractivity contribution in [1.82, 2.24) is 20.5 Å². The van der Waals surface area contributed by atoms with Gasteiger partial charge in [0.05, 0.1) is 18.6 Å². The molecule has 3 heterocycles. The topological polar surface area (TPSA) is 167 Å². The van der Waals surface area contributed by atoms with Crippen LogP contribution in [0.4, 0.5) is 8.78 Å². The molecule has 1 aromatic carbocycles. The molecule has 2 aromatic rings. The zero-order valence-electron chi connectivity index (χ0n) is 21.3. The van der Waals surface area contributed by atoms with Crippen LogP contribution < -0.4 is 21.1 Å². The van der Waals surface area contributed by atoms with E-state index in [9.17, 15) is 33.1 Å². The van der Waals surface area contributed by atoms with Gasteiger partial charge >= 0.3 is 0 Å². The number of carbonyl (C=O) groups is 4. The molecular weight excluding hydrogens is 516 g/mol. The van der Waals surface area contributed by atoms with E-state index >= 15 is 0 Å². The number of benzene rings is 1. The van der Waals surface area contributed by atoms with Crippen LogP contribution in [0.3, 0.4) is 0 Å². The molecule has 5 rings (SSSR count). The first kappa shape index (κ1) is 26.9. The van der Waals surface area contributed by atoms with Crippen LogP contribution in [0.1, 0.15) is 42.6 Å². The summed E-state index contributed by atoms with van der Waals surface area (Å²) in [6, 6.07) is 4.19. The van der Waals surface area contributed by atoms with Gasteiger partial charge in [0.2, 0.25) is 17.7 Å². The van der Waals surface area contributed by atoms with Crippen molar-refractivity contribution in [3.8, 4) is 5.75 Å². The minimum atomic E-state index is -3.03. The molecule has 210 valence electrons. The van der Waals surface area contributed by atoms with Crippen LogP contribution in [0.15, 0.2) is 24.3 Å². The number of aromatic amines is 1. The standard InChI is InChI=1S/C26H31F2N5O6/c1-39-19-6-2-5-15-14(19)9-17(31-15)24(38)33-12-25(11-26(25,27)28)10-18(33)23(37)32-16(20(34)21(29)35)8-13-4-3-7-30-22(13)36/h2,5-6,9,13,16,18,20,31,34H,3-4,7-8,10-12H2,1H3,(H2,29,35)(H,30,36)(H,32,37)/t13-,16-,18-,20?,25-/m0/s1. The monoisotopic (exact) mass is 547 g/mol.